The molecule has 1 unspecified atom stereocenters. The summed E-state index contributed by atoms with van der Waals surface area (Å²) in [6.07, 6.45) is 1.86. The number of nitrogens with zero attached hydrogens (tertiary/aromatic N) is 1. The largest absolute Gasteiger partial charge is 0.325 e. The number of imide groups is 1. The number of carbonyl (C=O) groups is 3. The number of benzene rings is 1. The molecule has 1 saturated carbocycles. The molecule has 1 heterocycles. The molecule has 122 valence electrons. The molecule has 2 fully saturated rings. The number of aryl methyl sites for hydroxylation is 1. The summed E-state index contributed by atoms with van der Waals surface area (Å²) in [5.41, 5.74) is 0.811. The third kappa shape index (κ3) is 2.97. The third-order valence-electron chi connectivity index (χ3n) is 4.45. The molecule has 6 nitrogen and oxygen atoms in total. The molecule has 0 radical (unpaired) electrons. The van der Waals surface area contributed by atoms with Gasteiger partial charge in [0.1, 0.15) is 12.1 Å². The Bertz CT molecular complexity index is 702. The molecule has 7 heteroatoms. The van der Waals surface area contributed by atoms with Crippen LogP contribution in [0, 0.1) is 12.8 Å². The second-order valence-corrected chi connectivity index (χ2v) is 7.16. The van der Waals surface area contributed by atoms with Crippen LogP contribution in [0.4, 0.5) is 10.5 Å². The molecule has 1 aliphatic heterocycles. The molecule has 0 bridgehead atoms. The van der Waals surface area contributed by atoms with Gasteiger partial charge in [0.2, 0.25) is 5.91 Å². The molecule has 1 atom stereocenters. The zero-order chi connectivity index (χ0) is 16.8. The van der Waals surface area contributed by atoms with Crippen LogP contribution in [-0.4, -0.2) is 34.8 Å². The average Bonchev–Trinajstić information content (AvgIpc) is 3.29. The highest BCUT2D eigenvalue weighted by molar-refractivity contribution is 9.10. The number of carbonyl (C=O) groups excluding carboxylic acids is 3. The lowest BCUT2D eigenvalue weighted by atomic mass is 9.96. The summed E-state index contributed by atoms with van der Waals surface area (Å²) in [6.45, 7) is 3.40. The monoisotopic (exact) mass is 379 g/mol. The number of halogens is 1. The number of nitrogens with one attached hydrogen (secondary N) is 2. The average molecular weight is 380 g/mol. The van der Waals surface area contributed by atoms with Crippen molar-refractivity contribution in [3.05, 3.63) is 28.2 Å². The zero-order valence-electron chi connectivity index (χ0n) is 13.0. The van der Waals surface area contributed by atoms with E-state index in [-0.39, 0.29) is 18.4 Å². The van der Waals surface area contributed by atoms with Gasteiger partial charge in [-0.25, -0.2) is 4.79 Å². The Morgan fingerprint density at radius 1 is 1.43 bits per heavy atom. The van der Waals surface area contributed by atoms with Gasteiger partial charge >= 0.3 is 6.03 Å². The van der Waals surface area contributed by atoms with Crippen molar-refractivity contribution >= 4 is 39.5 Å². The molecule has 3 rings (SSSR count). The minimum Gasteiger partial charge on any atom is -0.324 e. The molecule has 1 saturated heterocycles. The summed E-state index contributed by atoms with van der Waals surface area (Å²) in [5, 5.41) is 5.44. The van der Waals surface area contributed by atoms with E-state index in [9.17, 15) is 14.4 Å². The lowest BCUT2D eigenvalue weighted by Gasteiger charge is -2.20. The highest BCUT2D eigenvalue weighted by Crippen LogP contribution is 2.42. The SMILES string of the molecule is Cc1ccc(NC(=O)CN2C(=O)NC(C)(C3CC3)C2=O)cc1Br. The summed E-state index contributed by atoms with van der Waals surface area (Å²) < 4.78 is 0.881. The number of rotatable bonds is 4. The highest BCUT2D eigenvalue weighted by atomic mass is 79.9. The Morgan fingerprint density at radius 2 is 2.13 bits per heavy atom. The molecule has 1 aromatic carbocycles. The van der Waals surface area contributed by atoms with Crippen molar-refractivity contribution in [3.8, 4) is 0 Å². The molecule has 1 aromatic rings. The predicted molar refractivity (Wildman–Crippen MR) is 88.9 cm³/mol. The van der Waals surface area contributed by atoms with Crippen LogP contribution < -0.4 is 10.6 Å². The van der Waals surface area contributed by atoms with E-state index in [1.165, 1.54) is 0 Å². The lowest BCUT2D eigenvalue weighted by Crippen LogP contribution is -2.46. The quantitative estimate of drug-likeness (QED) is 0.788. The minimum atomic E-state index is -0.857. The molecule has 1 aliphatic carbocycles. The van der Waals surface area contributed by atoms with E-state index < -0.39 is 17.5 Å². The fourth-order valence-electron chi connectivity index (χ4n) is 2.81. The lowest BCUT2D eigenvalue weighted by molar-refractivity contribution is -0.134. The molecule has 0 spiro atoms. The van der Waals surface area contributed by atoms with Crippen molar-refractivity contribution in [3.63, 3.8) is 0 Å². The standard InChI is InChI=1S/C16H18BrN3O3/c1-9-3-6-11(7-12(9)17)18-13(21)8-20-14(22)16(2,10-4-5-10)19-15(20)23/h3,6-7,10H,4-5,8H2,1-2H3,(H,18,21)(H,19,23). The Labute approximate surface area is 142 Å². The first kappa shape index (κ1) is 16.0. The van der Waals surface area contributed by atoms with E-state index in [1.54, 1.807) is 19.1 Å². The van der Waals surface area contributed by atoms with Gasteiger partial charge in [-0.15, -0.1) is 0 Å². The first-order valence-electron chi connectivity index (χ1n) is 7.51. The molecular formula is C16H18BrN3O3. The highest BCUT2D eigenvalue weighted by Gasteiger charge is 2.56. The minimum absolute atomic E-state index is 0.181. The second-order valence-electron chi connectivity index (χ2n) is 6.31. The maximum Gasteiger partial charge on any atom is 0.325 e. The summed E-state index contributed by atoms with van der Waals surface area (Å²) in [6, 6.07) is 4.94. The van der Waals surface area contributed by atoms with Crippen molar-refractivity contribution in [2.75, 3.05) is 11.9 Å². The van der Waals surface area contributed by atoms with Crippen LogP contribution in [0.5, 0.6) is 0 Å². The van der Waals surface area contributed by atoms with Gasteiger partial charge in [0.25, 0.3) is 5.91 Å². The molecule has 0 aromatic heterocycles. The van der Waals surface area contributed by atoms with E-state index in [2.05, 4.69) is 26.6 Å². The number of hydrogen-bond donors (Lipinski definition) is 2. The van der Waals surface area contributed by atoms with Crippen molar-refractivity contribution in [2.45, 2.75) is 32.2 Å². The maximum atomic E-state index is 12.5. The van der Waals surface area contributed by atoms with Gasteiger partial charge in [0, 0.05) is 10.2 Å². The van der Waals surface area contributed by atoms with Gasteiger partial charge in [0.15, 0.2) is 0 Å². The predicted octanol–water partition coefficient (Wildman–Crippen LogP) is 2.42. The van der Waals surface area contributed by atoms with Gasteiger partial charge in [-0.05, 0) is 50.3 Å². The smallest absolute Gasteiger partial charge is 0.324 e. The Balaban J connectivity index is 1.66. The van der Waals surface area contributed by atoms with Crippen LogP contribution in [0.15, 0.2) is 22.7 Å². The zero-order valence-corrected chi connectivity index (χ0v) is 14.6. The van der Waals surface area contributed by atoms with Gasteiger partial charge < -0.3 is 10.6 Å². The van der Waals surface area contributed by atoms with Crippen LogP contribution in [-0.2, 0) is 9.59 Å². The maximum absolute atomic E-state index is 12.5. The number of urea groups is 1. The number of hydrogen-bond acceptors (Lipinski definition) is 3. The fourth-order valence-corrected chi connectivity index (χ4v) is 3.19. The van der Waals surface area contributed by atoms with Crippen molar-refractivity contribution in [2.24, 2.45) is 5.92 Å². The molecule has 23 heavy (non-hydrogen) atoms. The molecule has 2 aliphatic rings. The van der Waals surface area contributed by atoms with Crippen LogP contribution >= 0.6 is 15.9 Å². The normalized spacial score (nSPS) is 23.9. The van der Waals surface area contributed by atoms with Crippen molar-refractivity contribution in [1.82, 2.24) is 10.2 Å². The second kappa shape index (κ2) is 5.63. The van der Waals surface area contributed by atoms with E-state index in [4.69, 9.17) is 0 Å². The van der Waals surface area contributed by atoms with E-state index in [1.807, 2.05) is 13.0 Å². The van der Waals surface area contributed by atoms with E-state index in [0.29, 0.717) is 5.69 Å². The number of amides is 4. The van der Waals surface area contributed by atoms with Crippen LogP contribution in [0.3, 0.4) is 0 Å². The number of anilines is 1. The fraction of sp³-hybridized carbons (Fsp3) is 0.438. The molecule has 2 N–H and O–H groups in total. The van der Waals surface area contributed by atoms with Crippen molar-refractivity contribution in [1.29, 1.82) is 0 Å². The van der Waals surface area contributed by atoms with Gasteiger partial charge in [-0.2, -0.15) is 0 Å². The van der Waals surface area contributed by atoms with E-state index >= 15 is 0 Å². The first-order valence-corrected chi connectivity index (χ1v) is 8.30. The van der Waals surface area contributed by atoms with Crippen LogP contribution in [0.2, 0.25) is 0 Å². The summed E-state index contributed by atoms with van der Waals surface area (Å²) in [4.78, 5) is 37.6. The molecular weight excluding hydrogens is 362 g/mol. The van der Waals surface area contributed by atoms with Gasteiger partial charge in [-0.3, -0.25) is 14.5 Å². The Morgan fingerprint density at radius 3 is 2.74 bits per heavy atom. The Kier molecular flexibility index (Phi) is 3.91. The van der Waals surface area contributed by atoms with Crippen LogP contribution in [0.25, 0.3) is 0 Å². The van der Waals surface area contributed by atoms with Crippen LogP contribution in [0.1, 0.15) is 25.3 Å². The third-order valence-corrected chi connectivity index (χ3v) is 5.31. The summed E-state index contributed by atoms with van der Waals surface area (Å²) >= 11 is 3.40. The van der Waals surface area contributed by atoms with Gasteiger partial charge in [0.05, 0.1) is 0 Å². The van der Waals surface area contributed by atoms with Gasteiger partial charge in [-0.1, -0.05) is 22.0 Å². The van der Waals surface area contributed by atoms with Crippen molar-refractivity contribution < 1.29 is 14.4 Å². The summed E-state index contributed by atoms with van der Waals surface area (Å²) in [5.74, 6) is -0.533. The topological polar surface area (TPSA) is 78.5 Å². The summed E-state index contributed by atoms with van der Waals surface area (Å²) in [7, 11) is 0. The molecule has 4 amide bonds. The first-order chi connectivity index (χ1) is 10.8. The van der Waals surface area contributed by atoms with E-state index in [0.717, 1.165) is 27.8 Å². The Hall–Kier alpha value is -1.89.